The number of hydrogen-bond donors (Lipinski definition) is 1. The van der Waals surface area contributed by atoms with Crippen LogP contribution in [-0.2, 0) is 6.61 Å². The fourth-order valence-corrected chi connectivity index (χ4v) is 2.74. The summed E-state index contributed by atoms with van der Waals surface area (Å²) >= 11 is 5.74. The topological polar surface area (TPSA) is 65.9 Å². The van der Waals surface area contributed by atoms with E-state index in [9.17, 15) is 14.4 Å². The van der Waals surface area contributed by atoms with Gasteiger partial charge in [0.25, 0.3) is 5.56 Å². The SMILES string of the molecule is Cc1cc(-c2cccc(OCc3ccc(Cl)cc3F)c2)c(C#N)c(=O)[nH]1. The van der Waals surface area contributed by atoms with Crippen molar-refractivity contribution >= 4 is 11.6 Å². The van der Waals surface area contributed by atoms with Crippen LogP contribution in [0.15, 0.2) is 53.3 Å². The first-order chi connectivity index (χ1) is 12.5. The third-order valence-electron chi connectivity index (χ3n) is 3.83. The summed E-state index contributed by atoms with van der Waals surface area (Å²) in [6.07, 6.45) is 0. The number of nitrogens with zero attached hydrogens (tertiary/aromatic N) is 1. The number of halogens is 2. The molecule has 130 valence electrons. The molecule has 3 rings (SSSR count). The lowest BCUT2D eigenvalue weighted by atomic mass is 10.0. The first kappa shape index (κ1) is 17.7. The number of pyridine rings is 1. The van der Waals surface area contributed by atoms with Gasteiger partial charge in [0.2, 0.25) is 0 Å². The summed E-state index contributed by atoms with van der Waals surface area (Å²) in [5.41, 5.74) is 1.83. The van der Waals surface area contributed by atoms with Gasteiger partial charge in [-0.15, -0.1) is 0 Å². The van der Waals surface area contributed by atoms with Crippen LogP contribution in [0.5, 0.6) is 5.75 Å². The van der Waals surface area contributed by atoms with E-state index < -0.39 is 11.4 Å². The molecule has 3 aromatic rings. The van der Waals surface area contributed by atoms with Crippen LogP contribution in [0.25, 0.3) is 11.1 Å². The second-order valence-corrected chi connectivity index (χ2v) is 6.17. The van der Waals surface area contributed by atoms with E-state index in [1.54, 1.807) is 49.4 Å². The van der Waals surface area contributed by atoms with Crippen LogP contribution in [0.1, 0.15) is 16.8 Å². The number of ether oxygens (including phenoxy) is 1. The summed E-state index contributed by atoms with van der Waals surface area (Å²) in [4.78, 5) is 14.6. The van der Waals surface area contributed by atoms with Crippen LogP contribution < -0.4 is 10.3 Å². The molecular formula is C20H14ClFN2O2. The lowest BCUT2D eigenvalue weighted by Crippen LogP contribution is -2.12. The highest BCUT2D eigenvalue weighted by Gasteiger charge is 2.11. The van der Waals surface area contributed by atoms with Crippen molar-refractivity contribution in [1.29, 1.82) is 5.26 Å². The molecule has 4 nitrogen and oxygen atoms in total. The van der Waals surface area contributed by atoms with Crippen molar-refractivity contribution < 1.29 is 9.13 Å². The van der Waals surface area contributed by atoms with Crippen LogP contribution >= 0.6 is 11.6 Å². The number of aryl methyl sites for hydroxylation is 1. The van der Waals surface area contributed by atoms with Crippen LogP contribution in [0, 0.1) is 24.1 Å². The Kier molecular flexibility index (Phi) is 5.06. The van der Waals surface area contributed by atoms with Gasteiger partial charge >= 0.3 is 0 Å². The van der Waals surface area contributed by atoms with Crippen molar-refractivity contribution in [1.82, 2.24) is 4.98 Å². The number of nitrogens with one attached hydrogen (secondary N) is 1. The van der Waals surface area contributed by atoms with E-state index in [0.717, 1.165) is 0 Å². The molecule has 26 heavy (non-hydrogen) atoms. The number of hydrogen-bond acceptors (Lipinski definition) is 3. The molecule has 0 spiro atoms. The largest absolute Gasteiger partial charge is 0.489 e. The molecule has 0 amide bonds. The van der Waals surface area contributed by atoms with Crippen molar-refractivity contribution in [2.45, 2.75) is 13.5 Å². The Balaban J connectivity index is 1.90. The molecule has 0 aliphatic heterocycles. The number of aromatic nitrogens is 1. The molecule has 0 fully saturated rings. The number of H-pyrrole nitrogens is 1. The summed E-state index contributed by atoms with van der Waals surface area (Å²) in [6, 6.07) is 15.0. The van der Waals surface area contributed by atoms with Crippen molar-refractivity contribution in [3.63, 3.8) is 0 Å². The van der Waals surface area contributed by atoms with E-state index in [-0.39, 0.29) is 12.2 Å². The molecular weight excluding hydrogens is 355 g/mol. The zero-order chi connectivity index (χ0) is 18.7. The van der Waals surface area contributed by atoms with Crippen molar-refractivity contribution in [3.8, 4) is 22.9 Å². The molecule has 0 unspecified atom stereocenters. The maximum atomic E-state index is 13.8. The van der Waals surface area contributed by atoms with Gasteiger partial charge in [-0.25, -0.2) is 4.39 Å². The van der Waals surface area contributed by atoms with Gasteiger partial charge in [0.15, 0.2) is 0 Å². The molecule has 0 bridgehead atoms. The highest BCUT2D eigenvalue weighted by atomic mass is 35.5. The molecule has 0 atom stereocenters. The Labute approximate surface area is 154 Å². The van der Waals surface area contributed by atoms with Gasteiger partial charge in [0, 0.05) is 21.8 Å². The van der Waals surface area contributed by atoms with Gasteiger partial charge in [-0.3, -0.25) is 4.79 Å². The second-order valence-electron chi connectivity index (χ2n) is 5.73. The average Bonchev–Trinajstić information content (AvgIpc) is 2.60. The Morgan fingerprint density at radius 3 is 2.77 bits per heavy atom. The van der Waals surface area contributed by atoms with Gasteiger partial charge < -0.3 is 9.72 Å². The molecule has 1 heterocycles. The quantitative estimate of drug-likeness (QED) is 0.732. The zero-order valence-corrected chi connectivity index (χ0v) is 14.6. The van der Waals surface area contributed by atoms with Gasteiger partial charge in [0.1, 0.15) is 29.8 Å². The van der Waals surface area contributed by atoms with Gasteiger partial charge in [-0.1, -0.05) is 29.8 Å². The van der Waals surface area contributed by atoms with E-state index >= 15 is 0 Å². The standard InChI is InChI=1S/C20H14ClFN2O2/c1-12-7-17(18(10-23)20(25)24-12)13-3-2-4-16(8-13)26-11-14-5-6-15(21)9-19(14)22/h2-9H,11H2,1H3,(H,24,25). The molecule has 1 aromatic heterocycles. The first-order valence-electron chi connectivity index (χ1n) is 7.79. The molecule has 0 saturated heterocycles. The van der Waals surface area contributed by atoms with Crippen molar-refractivity contribution in [3.05, 3.63) is 86.5 Å². The monoisotopic (exact) mass is 368 g/mol. The summed E-state index contributed by atoms with van der Waals surface area (Å²) in [7, 11) is 0. The van der Waals surface area contributed by atoms with Crippen LogP contribution in [-0.4, -0.2) is 4.98 Å². The highest BCUT2D eigenvalue weighted by molar-refractivity contribution is 6.30. The second kappa shape index (κ2) is 7.42. The van der Waals surface area contributed by atoms with Crippen LogP contribution in [0.2, 0.25) is 5.02 Å². The number of rotatable bonds is 4. The predicted octanol–water partition coefficient (Wildman–Crippen LogP) is 4.59. The Hall–Kier alpha value is -3.10. The maximum Gasteiger partial charge on any atom is 0.266 e. The van der Waals surface area contributed by atoms with Crippen molar-refractivity contribution in [2.75, 3.05) is 0 Å². The van der Waals surface area contributed by atoms with E-state index in [1.807, 2.05) is 6.07 Å². The number of nitriles is 1. The summed E-state index contributed by atoms with van der Waals surface area (Å²) in [5, 5.41) is 9.59. The number of aromatic amines is 1. The van der Waals surface area contributed by atoms with Gasteiger partial charge in [-0.05, 0) is 42.8 Å². The fourth-order valence-electron chi connectivity index (χ4n) is 2.58. The van der Waals surface area contributed by atoms with E-state index in [0.29, 0.717) is 33.2 Å². The normalized spacial score (nSPS) is 10.4. The van der Waals surface area contributed by atoms with Crippen LogP contribution in [0.3, 0.4) is 0 Å². The molecule has 6 heteroatoms. The Morgan fingerprint density at radius 2 is 2.04 bits per heavy atom. The maximum absolute atomic E-state index is 13.8. The third kappa shape index (κ3) is 3.76. The summed E-state index contributed by atoms with van der Waals surface area (Å²) in [5.74, 6) is 0.0595. The first-order valence-corrected chi connectivity index (χ1v) is 8.17. The highest BCUT2D eigenvalue weighted by Crippen LogP contribution is 2.26. The fraction of sp³-hybridized carbons (Fsp3) is 0.100. The molecule has 0 saturated carbocycles. The van der Waals surface area contributed by atoms with Gasteiger partial charge in [0.05, 0.1) is 0 Å². The minimum absolute atomic E-state index is 0.0337. The Bertz CT molecular complexity index is 1070. The van der Waals surface area contributed by atoms with Gasteiger partial charge in [-0.2, -0.15) is 5.26 Å². The zero-order valence-electron chi connectivity index (χ0n) is 13.8. The molecule has 0 radical (unpaired) electrons. The van der Waals surface area contributed by atoms with Crippen LogP contribution in [0.4, 0.5) is 4.39 Å². The Morgan fingerprint density at radius 1 is 1.23 bits per heavy atom. The summed E-state index contributed by atoms with van der Waals surface area (Å²) < 4.78 is 19.5. The number of benzene rings is 2. The lowest BCUT2D eigenvalue weighted by Gasteiger charge is -2.10. The average molecular weight is 369 g/mol. The third-order valence-corrected chi connectivity index (χ3v) is 4.07. The minimum Gasteiger partial charge on any atom is -0.489 e. The molecule has 0 aliphatic rings. The molecule has 1 N–H and O–H groups in total. The minimum atomic E-state index is -0.439. The lowest BCUT2D eigenvalue weighted by molar-refractivity contribution is 0.300. The molecule has 2 aromatic carbocycles. The van der Waals surface area contributed by atoms with Crippen molar-refractivity contribution in [2.24, 2.45) is 0 Å². The predicted molar refractivity (Wildman–Crippen MR) is 97.7 cm³/mol. The van der Waals surface area contributed by atoms with E-state index in [1.165, 1.54) is 6.07 Å². The van der Waals surface area contributed by atoms with E-state index in [4.69, 9.17) is 16.3 Å². The molecule has 0 aliphatic carbocycles. The van der Waals surface area contributed by atoms with E-state index in [2.05, 4.69) is 4.98 Å². The summed E-state index contributed by atoms with van der Waals surface area (Å²) in [6.45, 7) is 1.78. The smallest absolute Gasteiger partial charge is 0.266 e.